The van der Waals surface area contributed by atoms with Gasteiger partial charge in [0.15, 0.2) is 11.5 Å². The molecular weight excluding hydrogens is 268 g/mol. The zero-order valence-electron chi connectivity index (χ0n) is 12.1. The van der Waals surface area contributed by atoms with E-state index in [1.54, 1.807) is 18.2 Å². The van der Waals surface area contributed by atoms with E-state index in [9.17, 15) is 10.2 Å². The summed E-state index contributed by atoms with van der Waals surface area (Å²) in [5.41, 5.74) is 1.99. The van der Waals surface area contributed by atoms with E-state index in [1.165, 1.54) is 20.3 Å². The maximum absolute atomic E-state index is 10.1. The third-order valence-corrected chi connectivity index (χ3v) is 3.28. The zero-order chi connectivity index (χ0) is 15.4. The fourth-order valence-electron chi connectivity index (χ4n) is 2.14. The third kappa shape index (κ3) is 3.11. The summed E-state index contributed by atoms with van der Waals surface area (Å²) in [6.45, 7) is 3.99. The molecule has 0 bridgehead atoms. The Kier molecular flexibility index (Phi) is 4.38. The molecule has 0 aliphatic rings. The number of methoxy groups -OCH3 is 2. The van der Waals surface area contributed by atoms with Crippen LogP contribution in [0.2, 0.25) is 0 Å². The molecule has 4 heteroatoms. The van der Waals surface area contributed by atoms with Crippen LogP contribution in [0.4, 0.5) is 0 Å². The van der Waals surface area contributed by atoms with E-state index in [-0.39, 0.29) is 11.5 Å². The number of para-hydroxylation sites is 1. The van der Waals surface area contributed by atoms with Gasteiger partial charge in [-0.3, -0.25) is 0 Å². The highest BCUT2D eigenvalue weighted by atomic mass is 16.5. The van der Waals surface area contributed by atoms with E-state index in [0.29, 0.717) is 29.1 Å². The average molecular weight is 286 g/mol. The Bertz CT molecular complexity index is 662. The number of allylic oxidation sites excluding steroid dienone is 1. The standard InChI is InChI=1S/C17H18O4/c1-11(8-12-6-4-5-7-14(12)18)13-9-16(20-2)17(21-3)10-15(13)19/h4-7,9-10,18-19H,1,8H2,2-3H3. The Labute approximate surface area is 123 Å². The molecule has 2 aromatic rings. The van der Waals surface area contributed by atoms with E-state index in [4.69, 9.17) is 9.47 Å². The third-order valence-electron chi connectivity index (χ3n) is 3.28. The molecule has 0 fully saturated rings. The molecule has 4 nitrogen and oxygen atoms in total. The van der Waals surface area contributed by atoms with Crippen molar-refractivity contribution in [3.8, 4) is 23.0 Å². The summed E-state index contributed by atoms with van der Waals surface area (Å²) < 4.78 is 10.4. The maximum Gasteiger partial charge on any atom is 0.164 e. The highest BCUT2D eigenvalue weighted by Crippen LogP contribution is 2.38. The molecule has 2 aromatic carbocycles. The minimum Gasteiger partial charge on any atom is -0.508 e. The second-order valence-corrected chi connectivity index (χ2v) is 4.63. The molecule has 110 valence electrons. The van der Waals surface area contributed by atoms with Crippen molar-refractivity contribution in [3.63, 3.8) is 0 Å². The van der Waals surface area contributed by atoms with E-state index < -0.39 is 0 Å². The summed E-state index contributed by atoms with van der Waals surface area (Å²) >= 11 is 0. The normalized spacial score (nSPS) is 10.2. The molecule has 0 unspecified atom stereocenters. The quantitative estimate of drug-likeness (QED) is 0.884. The van der Waals surface area contributed by atoms with Crippen molar-refractivity contribution in [2.45, 2.75) is 6.42 Å². The monoisotopic (exact) mass is 286 g/mol. The smallest absolute Gasteiger partial charge is 0.164 e. The van der Waals surface area contributed by atoms with Gasteiger partial charge in [0, 0.05) is 18.1 Å². The number of hydrogen-bond acceptors (Lipinski definition) is 4. The largest absolute Gasteiger partial charge is 0.508 e. The number of aromatic hydroxyl groups is 2. The average Bonchev–Trinajstić information content (AvgIpc) is 2.49. The molecule has 0 saturated heterocycles. The highest BCUT2D eigenvalue weighted by molar-refractivity contribution is 5.73. The molecule has 0 heterocycles. The van der Waals surface area contributed by atoms with Gasteiger partial charge >= 0.3 is 0 Å². The van der Waals surface area contributed by atoms with Crippen molar-refractivity contribution < 1.29 is 19.7 Å². The van der Waals surface area contributed by atoms with Gasteiger partial charge in [-0.05, 0) is 23.3 Å². The van der Waals surface area contributed by atoms with Crippen LogP contribution in [0.1, 0.15) is 11.1 Å². The summed E-state index contributed by atoms with van der Waals surface area (Å²) in [6, 6.07) is 10.2. The molecule has 2 rings (SSSR count). The molecule has 21 heavy (non-hydrogen) atoms. The lowest BCUT2D eigenvalue weighted by molar-refractivity contribution is 0.351. The Hall–Kier alpha value is -2.62. The lowest BCUT2D eigenvalue weighted by Gasteiger charge is -2.14. The summed E-state index contributed by atoms with van der Waals surface area (Å²) in [7, 11) is 3.04. The lowest BCUT2D eigenvalue weighted by Crippen LogP contribution is -1.95. The van der Waals surface area contributed by atoms with Crippen LogP contribution in [0.5, 0.6) is 23.0 Å². The van der Waals surface area contributed by atoms with Crippen molar-refractivity contribution >= 4 is 5.57 Å². The lowest BCUT2D eigenvalue weighted by atomic mass is 9.98. The van der Waals surface area contributed by atoms with Crippen molar-refractivity contribution in [2.75, 3.05) is 14.2 Å². The number of phenols is 2. The number of rotatable bonds is 5. The fraction of sp³-hybridized carbons (Fsp3) is 0.176. The van der Waals surface area contributed by atoms with Gasteiger partial charge in [0.05, 0.1) is 14.2 Å². The molecular formula is C17H18O4. The van der Waals surface area contributed by atoms with Crippen LogP contribution in [-0.2, 0) is 6.42 Å². The van der Waals surface area contributed by atoms with Gasteiger partial charge in [0.2, 0.25) is 0 Å². The van der Waals surface area contributed by atoms with Gasteiger partial charge < -0.3 is 19.7 Å². The SMILES string of the molecule is C=C(Cc1ccccc1O)c1cc(OC)c(OC)cc1O. The Morgan fingerprint density at radius 3 is 2.24 bits per heavy atom. The van der Waals surface area contributed by atoms with Crippen LogP contribution in [0, 0.1) is 0 Å². The van der Waals surface area contributed by atoms with Gasteiger partial charge in [-0.15, -0.1) is 0 Å². The second kappa shape index (κ2) is 6.22. The van der Waals surface area contributed by atoms with Crippen LogP contribution in [0.3, 0.4) is 0 Å². The van der Waals surface area contributed by atoms with Gasteiger partial charge in [0.1, 0.15) is 11.5 Å². The molecule has 0 saturated carbocycles. The number of phenolic OH excluding ortho intramolecular Hbond substituents is 2. The van der Waals surface area contributed by atoms with E-state index in [1.807, 2.05) is 12.1 Å². The van der Waals surface area contributed by atoms with Crippen LogP contribution in [-0.4, -0.2) is 24.4 Å². The van der Waals surface area contributed by atoms with Gasteiger partial charge in [-0.1, -0.05) is 24.8 Å². The predicted octanol–water partition coefficient (Wildman–Crippen LogP) is 3.37. The van der Waals surface area contributed by atoms with Crippen molar-refractivity contribution in [1.82, 2.24) is 0 Å². The minimum atomic E-state index is 0.0630. The number of ether oxygens (including phenoxy) is 2. The summed E-state index contributed by atoms with van der Waals surface area (Å²) in [6.07, 6.45) is 0.426. The highest BCUT2D eigenvalue weighted by Gasteiger charge is 2.14. The van der Waals surface area contributed by atoms with Gasteiger partial charge in [0.25, 0.3) is 0 Å². The molecule has 0 radical (unpaired) electrons. The first-order valence-corrected chi connectivity index (χ1v) is 6.46. The molecule has 0 aliphatic heterocycles. The van der Waals surface area contributed by atoms with Crippen molar-refractivity contribution in [3.05, 3.63) is 54.1 Å². The van der Waals surface area contributed by atoms with Crippen molar-refractivity contribution in [2.24, 2.45) is 0 Å². The first-order valence-electron chi connectivity index (χ1n) is 6.46. The summed E-state index contributed by atoms with van der Waals surface area (Å²) in [5.74, 6) is 1.24. The van der Waals surface area contributed by atoms with Crippen LogP contribution in [0.15, 0.2) is 43.0 Å². The summed E-state index contributed by atoms with van der Waals surface area (Å²) in [5, 5.41) is 19.9. The van der Waals surface area contributed by atoms with Gasteiger partial charge in [-0.2, -0.15) is 0 Å². The summed E-state index contributed by atoms with van der Waals surface area (Å²) in [4.78, 5) is 0. The van der Waals surface area contributed by atoms with Crippen LogP contribution >= 0.6 is 0 Å². The van der Waals surface area contributed by atoms with E-state index in [2.05, 4.69) is 6.58 Å². The Balaban J connectivity index is 2.33. The molecule has 2 N–H and O–H groups in total. The number of benzene rings is 2. The van der Waals surface area contributed by atoms with E-state index in [0.717, 1.165) is 5.56 Å². The number of hydrogen-bond donors (Lipinski definition) is 2. The Morgan fingerprint density at radius 1 is 1.00 bits per heavy atom. The minimum absolute atomic E-state index is 0.0630. The first kappa shape index (κ1) is 14.8. The Morgan fingerprint density at radius 2 is 1.62 bits per heavy atom. The fourth-order valence-corrected chi connectivity index (χ4v) is 2.14. The first-order chi connectivity index (χ1) is 10.1. The molecule has 0 amide bonds. The zero-order valence-corrected chi connectivity index (χ0v) is 12.1. The molecule has 0 spiro atoms. The molecule has 0 atom stereocenters. The predicted molar refractivity (Wildman–Crippen MR) is 82.1 cm³/mol. The van der Waals surface area contributed by atoms with Gasteiger partial charge in [-0.25, -0.2) is 0 Å². The van der Waals surface area contributed by atoms with Crippen molar-refractivity contribution in [1.29, 1.82) is 0 Å². The topological polar surface area (TPSA) is 58.9 Å². The van der Waals surface area contributed by atoms with E-state index >= 15 is 0 Å². The van der Waals surface area contributed by atoms with Crippen LogP contribution in [0.25, 0.3) is 5.57 Å². The second-order valence-electron chi connectivity index (χ2n) is 4.63. The maximum atomic E-state index is 10.1. The van der Waals surface area contributed by atoms with Crippen LogP contribution < -0.4 is 9.47 Å². The molecule has 0 aliphatic carbocycles. The molecule has 0 aromatic heterocycles.